The van der Waals surface area contributed by atoms with Gasteiger partial charge >= 0.3 is 0 Å². The van der Waals surface area contributed by atoms with Gasteiger partial charge in [0.2, 0.25) is 0 Å². The maximum absolute atomic E-state index is 10.5. The fourth-order valence-corrected chi connectivity index (χ4v) is 1.63. The van der Waals surface area contributed by atoms with Gasteiger partial charge in [0.15, 0.2) is 0 Å². The summed E-state index contributed by atoms with van der Waals surface area (Å²) in [6, 6.07) is 3.46. The molecular weight excluding hydrogens is 272 g/mol. The summed E-state index contributed by atoms with van der Waals surface area (Å²) in [4.78, 5) is 21.0. The molecule has 0 heterocycles. The zero-order chi connectivity index (χ0) is 16.5. The van der Waals surface area contributed by atoms with Gasteiger partial charge in [-0.1, -0.05) is 13.0 Å². The van der Waals surface area contributed by atoms with E-state index in [1.165, 1.54) is 0 Å². The Morgan fingerprint density at radius 2 is 1.29 bits per heavy atom. The number of carbonyl (C=O) groups excluding carboxylic acids is 2. The van der Waals surface area contributed by atoms with Crippen LogP contribution in [0.5, 0.6) is 0 Å². The van der Waals surface area contributed by atoms with E-state index in [0.717, 1.165) is 23.7 Å². The number of aldehydes is 2. The lowest BCUT2D eigenvalue weighted by atomic mass is 9.88. The lowest BCUT2D eigenvalue weighted by molar-refractivity contribution is 0.00304. The van der Waals surface area contributed by atoms with Crippen molar-refractivity contribution in [2.24, 2.45) is 5.41 Å². The zero-order valence-corrected chi connectivity index (χ0v) is 12.8. The first-order valence-corrected chi connectivity index (χ1v) is 6.77. The number of carbonyl (C=O) groups is 2. The first-order valence-electron chi connectivity index (χ1n) is 6.77. The molecule has 0 aromatic heterocycles. The summed E-state index contributed by atoms with van der Waals surface area (Å²) in [7, 11) is 0. The number of aliphatic hydroxyl groups excluding tert-OH is 3. The maximum atomic E-state index is 10.5. The van der Waals surface area contributed by atoms with Crippen molar-refractivity contribution < 1.29 is 24.9 Å². The number of benzene rings is 1. The van der Waals surface area contributed by atoms with E-state index in [1.807, 2.05) is 26.8 Å². The molecule has 1 rings (SSSR count). The van der Waals surface area contributed by atoms with Crippen LogP contribution < -0.4 is 0 Å². The highest BCUT2D eigenvalue weighted by atomic mass is 16.3. The van der Waals surface area contributed by atoms with Crippen LogP contribution in [0.1, 0.15) is 45.2 Å². The van der Waals surface area contributed by atoms with Gasteiger partial charge in [-0.05, 0) is 37.5 Å². The van der Waals surface area contributed by atoms with Crippen LogP contribution >= 0.6 is 0 Å². The second-order valence-electron chi connectivity index (χ2n) is 5.13. The number of hydrogen-bond donors (Lipinski definition) is 3. The van der Waals surface area contributed by atoms with Gasteiger partial charge in [-0.3, -0.25) is 9.59 Å². The maximum Gasteiger partial charge on any atom is 0.150 e. The van der Waals surface area contributed by atoms with Gasteiger partial charge in [-0.25, -0.2) is 0 Å². The van der Waals surface area contributed by atoms with Gasteiger partial charge in [0, 0.05) is 16.5 Å². The van der Waals surface area contributed by atoms with Gasteiger partial charge in [0.1, 0.15) is 12.6 Å². The molecule has 0 spiro atoms. The van der Waals surface area contributed by atoms with Crippen molar-refractivity contribution in [1.29, 1.82) is 0 Å². The highest BCUT2D eigenvalue weighted by molar-refractivity contribution is 5.84. The number of aryl methyl sites for hydroxylation is 2. The van der Waals surface area contributed by atoms with Crippen LogP contribution in [0.4, 0.5) is 0 Å². The molecule has 0 aliphatic rings. The summed E-state index contributed by atoms with van der Waals surface area (Å²) >= 11 is 0. The third kappa shape index (κ3) is 5.38. The summed E-state index contributed by atoms with van der Waals surface area (Å²) in [6.07, 6.45) is 2.13. The largest absolute Gasteiger partial charge is 0.396 e. The van der Waals surface area contributed by atoms with Crippen LogP contribution in [0.15, 0.2) is 12.1 Å². The molecular formula is C16H24O5. The molecule has 0 aliphatic carbocycles. The predicted molar refractivity (Wildman–Crippen MR) is 80.7 cm³/mol. The Bertz CT molecular complexity index is 417. The highest BCUT2D eigenvalue weighted by Gasteiger charge is 2.24. The van der Waals surface area contributed by atoms with Crippen molar-refractivity contribution >= 4 is 12.6 Å². The summed E-state index contributed by atoms with van der Waals surface area (Å²) in [5.41, 5.74) is 2.33. The second-order valence-corrected chi connectivity index (χ2v) is 5.13. The fraction of sp³-hybridized carbons (Fsp3) is 0.500. The third-order valence-electron chi connectivity index (χ3n) is 3.66. The average Bonchev–Trinajstić information content (AvgIpc) is 2.51. The Morgan fingerprint density at radius 3 is 1.48 bits per heavy atom. The minimum atomic E-state index is -0.667. The van der Waals surface area contributed by atoms with Gasteiger partial charge in [0.25, 0.3) is 0 Å². The molecule has 0 unspecified atom stereocenters. The molecule has 5 nitrogen and oxygen atoms in total. The first-order chi connectivity index (χ1) is 9.93. The second kappa shape index (κ2) is 9.39. The number of hydrogen-bond acceptors (Lipinski definition) is 5. The van der Waals surface area contributed by atoms with E-state index in [9.17, 15) is 9.59 Å². The smallest absolute Gasteiger partial charge is 0.150 e. The van der Waals surface area contributed by atoms with Crippen LogP contribution in [-0.4, -0.2) is 47.7 Å². The average molecular weight is 296 g/mol. The molecule has 118 valence electrons. The summed E-state index contributed by atoms with van der Waals surface area (Å²) in [5.74, 6) is 0. The standard InChI is InChI=1S/C10H10O2.C6H14O3/c1-7-3-8(2)10(6-12)4-9(7)5-11;1-2-6(3-7,4-8)5-9/h3-6H,1-2H3;7-9H,2-5H2,1H3. The molecule has 3 N–H and O–H groups in total. The topological polar surface area (TPSA) is 94.8 Å². The highest BCUT2D eigenvalue weighted by Crippen LogP contribution is 2.18. The van der Waals surface area contributed by atoms with Crippen molar-refractivity contribution in [2.75, 3.05) is 19.8 Å². The van der Waals surface area contributed by atoms with Gasteiger partial charge < -0.3 is 15.3 Å². The van der Waals surface area contributed by atoms with Crippen molar-refractivity contribution in [3.8, 4) is 0 Å². The lowest BCUT2D eigenvalue weighted by Gasteiger charge is -2.24. The zero-order valence-electron chi connectivity index (χ0n) is 12.8. The van der Waals surface area contributed by atoms with Crippen LogP contribution in [0.3, 0.4) is 0 Å². The summed E-state index contributed by atoms with van der Waals surface area (Å²) in [6.45, 7) is 5.06. The summed E-state index contributed by atoms with van der Waals surface area (Å²) in [5, 5.41) is 26.0. The van der Waals surface area contributed by atoms with Crippen molar-refractivity contribution in [2.45, 2.75) is 27.2 Å². The van der Waals surface area contributed by atoms with Gasteiger partial charge in [0.05, 0.1) is 19.8 Å². The van der Waals surface area contributed by atoms with Crippen molar-refractivity contribution in [1.82, 2.24) is 0 Å². The molecule has 0 radical (unpaired) electrons. The SMILES string of the molecule is CCC(CO)(CO)CO.Cc1cc(C)c(C=O)cc1C=O. The van der Waals surface area contributed by atoms with E-state index < -0.39 is 5.41 Å². The minimum absolute atomic E-state index is 0.156. The summed E-state index contributed by atoms with van der Waals surface area (Å²) < 4.78 is 0. The molecule has 0 fully saturated rings. The molecule has 0 bridgehead atoms. The predicted octanol–water partition coefficient (Wildman–Crippen LogP) is 1.29. The lowest BCUT2D eigenvalue weighted by Crippen LogP contribution is -2.32. The first kappa shape index (κ1) is 19.4. The van der Waals surface area contributed by atoms with Gasteiger partial charge in [-0.2, -0.15) is 0 Å². The Balaban J connectivity index is 0.000000400. The minimum Gasteiger partial charge on any atom is -0.396 e. The van der Waals surface area contributed by atoms with E-state index in [-0.39, 0.29) is 19.8 Å². The molecule has 5 heteroatoms. The molecule has 0 atom stereocenters. The van der Waals surface area contributed by atoms with Crippen LogP contribution in [0, 0.1) is 19.3 Å². The number of rotatable bonds is 6. The molecule has 0 saturated carbocycles. The monoisotopic (exact) mass is 296 g/mol. The van der Waals surface area contributed by atoms with Crippen molar-refractivity contribution in [3.63, 3.8) is 0 Å². The van der Waals surface area contributed by atoms with Crippen LogP contribution in [0.25, 0.3) is 0 Å². The number of aliphatic hydroxyl groups is 3. The normalized spacial score (nSPS) is 10.6. The molecule has 0 amide bonds. The van der Waals surface area contributed by atoms with E-state index in [0.29, 0.717) is 17.5 Å². The fourth-order valence-electron chi connectivity index (χ4n) is 1.63. The van der Waals surface area contributed by atoms with Gasteiger partial charge in [-0.15, -0.1) is 0 Å². The Kier molecular flexibility index (Phi) is 8.69. The van der Waals surface area contributed by atoms with Crippen LogP contribution in [-0.2, 0) is 0 Å². The van der Waals surface area contributed by atoms with E-state index in [2.05, 4.69) is 0 Å². The molecule has 0 saturated heterocycles. The van der Waals surface area contributed by atoms with E-state index >= 15 is 0 Å². The van der Waals surface area contributed by atoms with E-state index in [1.54, 1.807) is 6.07 Å². The quantitative estimate of drug-likeness (QED) is 0.688. The Hall–Kier alpha value is -1.56. The molecule has 0 aliphatic heterocycles. The molecule has 1 aromatic rings. The van der Waals surface area contributed by atoms with Crippen LogP contribution in [0.2, 0.25) is 0 Å². The Labute approximate surface area is 125 Å². The Morgan fingerprint density at radius 1 is 0.905 bits per heavy atom. The molecule has 21 heavy (non-hydrogen) atoms. The molecule has 1 aromatic carbocycles. The third-order valence-corrected chi connectivity index (χ3v) is 3.66. The van der Waals surface area contributed by atoms with Crippen molar-refractivity contribution in [3.05, 3.63) is 34.4 Å². The van der Waals surface area contributed by atoms with E-state index in [4.69, 9.17) is 15.3 Å².